The summed E-state index contributed by atoms with van der Waals surface area (Å²) >= 11 is 1.71. The summed E-state index contributed by atoms with van der Waals surface area (Å²) in [5.41, 5.74) is 2.51. The van der Waals surface area contributed by atoms with Crippen LogP contribution in [-0.2, 0) is 11.2 Å². The molecule has 0 aliphatic rings. The van der Waals surface area contributed by atoms with Crippen LogP contribution >= 0.6 is 11.3 Å². The van der Waals surface area contributed by atoms with Crippen molar-refractivity contribution in [3.63, 3.8) is 0 Å². The molecular formula is C18H23NO2S. The second-order valence-electron chi connectivity index (χ2n) is 5.64. The van der Waals surface area contributed by atoms with Gasteiger partial charge in [0.05, 0.1) is 0 Å². The van der Waals surface area contributed by atoms with Gasteiger partial charge in [0.25, 0.3) is 5.91 Å². The maximum Gasteiger partial charge on any atom is 0.257 e. The second kappa shape index (κ2) is 7.99. The van der Waals surface area contributed by atoms with Crippen molar-refractivity contribution in [2.24, 2.45) is 0 Å². The Morgan fingerprint density at radius 1 is 1.32 bits per heavy atom. The van der Waals surface area contributed by atoms with Gasteiger partial charge >= 0.3 is 0 Å². The van der Waals surface area contributed by atoms with Gasteiger partial charge in [-0.15, -0.1) is 11.3 Å². The third-order valence-corrected chi connectivity index (χ3v) is 4.44. The van der Waals surface area contributed by atoms with Gasteiger partial charge in [0.2, 0.25) is 0 Å². The lowest BCUT2D eigenvalue weighted by atomic mass is 9.98. The van der Waals surface area contributed by atoms with Crippen molar-refractivity contribution in [2.45, 2.75) is 33.1 Å². The topological polar surface area (TPSA) is 38.3 Å². The van der Waals surface area contributed by atoms with Crippen molar-refractivity contribution in [1.29, 1.82) is 0 Å². The van der Waals surface area contributed by atoms with Crippen molar-refractivity contribution in [3.05, 3.63) is 51.7 Å². The summed E-state index contributed by atoms with van der Waals surface area (Å²) in [6.45, 7) is 7.12. The van der Waals surface area contributed by atoms with E-state index in [4.69, 9.17) is 4.74 Å². The molecule has 1 amide bonds. The van der Waals surface area contributed by atoms with Gasteiger partial charge < -0.3 is 10.1 Å². The van der Waals surface area contributed by atoms with E-state index in [0.717, 1.165) is 12.2 Å². The van der Waals surface area contributed by atoms with Gasteiger partial charge in [-0.2, -0.15) is 0 Å². The first-order valence-corrected chi connectivity index (χ1v) is 8.46. The maximum absolute atomic E-state index is 11.8. The molecule has 0 saturated heterocycles. The predicted molar refractivity (Wildman–Crippen MR) is 91.8 cm³/mol. The van der Waals surface area contributed by atoms with E-state index in [1.165, 1.54) is 16.0 Å². The molecule has 22 heavy (non-hydrogen) atoms. The molecule has 1 aromatic heterocycles. The highest BCUT2D eigenvalue weighted by Crippen LogP contribution is 2.23. The van der Waals surface area contributed by atoms with Crippen LogP contribution in [0.5, 0.6) is 5.75 Å². The number of carbonyl (C=O) groups excluding carboxylic acids is 1. The molecule has 1 N–H and O–H groups in total. The Kier molecular flexibility index (Phi) is 6.01. The number of nitrogens with one attached hydrogen (secondary N) is 1. The lowest BCUT2D eigenvalue weighted by Crippen LogP contribution is -2.30. The summed E-state index contributed by atoms with van der Waals surface area (Å²) in [5.74, 6) is 1.16. The molecule has 3 nitrogen and oxygen atoms in total. The van der Waals surface area contributed by atoms with Crippen LogP contribution in [0.15, 0.2) is 35.7 Å². The summed E-state index contributed by atoms with van der Waals surface area (Å²) in [6.07, 6.45) is 0.867. The molecule has 1 heterocycles. The molecule has 0 bridgehead atoms. The highest BCUT2D eigenvalue weighted by atomic mass is 32.1. The fraction of sp³-hybridized carbons (Fsp3) is 0.389. The number of amides is 1. The first-order valence-electron chi connectivity index (χ1n) is 7.58. The smallest absolute Gasteiger partial charge is 0.257 e. The van der Waals surface area contributed by atoms with Crippen LogP contribution in [0.1, 0.15) is 35.8 Å². The molecule has 0 radical (unpaired) electrons. The quantitative estimate of drug-likeness (QED) is 0.840. The maximum atomic E-state index is 11.8. The molecule has 0 unspecified atom stereocenters. The minimum atomic E-state index is -0.0813. The largest absolute Gasteiger partial charge is 0.484 e. The number of hydrogen-bond acceptors (Lipinski definition) is 3. The Morgan fingerprint density at radius 3 is 2.77 bits per heavy atom. The first kappa shape index (κ1) is 16.6. The van der Waals surface area contributed by atoms with Gasteiger partial charge in [-0.3, -0.25) is 4.79 Å². The summed E-state index contributed by atoms with van der Waals surface area (Å²) in [7, 11) is 0. The molecular weight excluding hydrogens is 294 g/mol. The molecule has 2 rings (SSSR count). The van der Waals surface area contributed by atoms with Gasteiger partial charge in [0.15, 0.2) is 6.61 Å². The van der Waals surface area contributed by atoms with Crippen LogP contribution in [0.2, 0.25) is 0 Å². The molecule has 0 aliphatic carbocycles. The molecule has 118 valence electrons. The van der Waals surface area contributed by atoms with Crippen LogP contribution in [0.4, 0.5) is 0 Å². The van der Waals surface area contributed by atoms with Crippen molar-refractivity contribution in [2.75, 3.05) is 13.2 Å². The molecule has 0 aliphatic heterocycles. The van der Waals surface area contributed by atoms with Crippen LogP contribution in [0.25, 0.3) is 0 Å². The number of ether oxygens (including phenoxy) is 1. The second-order valence-corrected chi connectivity index (χ2v) is 6.67. The van der Waals surface area contributed by atoms with Gasteiger partial charge in [0, 0.05) is 11.4 Å². The summed E-state index contributed by atoms with van der Waals surface area (Å²) in [4.78, 5) is 13.1. The summed E-state index contributed by atoms with van der Waals surface area (Å²) in [6, 6.07) is 10.1. The highest BCUT2D eigenvalue weighted by molar-refractivity contribution is 7.09. The molecule has 0 spiro atoms. The summed E-state index contributed by atoms with van der Waals surface area (Å²) in [5, 5.41) is 4.92. The zero-order chi connectivity index (χ0) is 15.9. The van der Waals surface area contributed by atoms with E-state index in [2.05, 4.69) is 38.2 Å². The average molecular weight is 317 g/mol. The monoisotopic (exact) mass is 317 g/mol. The molecule has 0 fully saturated rings. The molecule has 0 atom stereocenters. The Hall–Kier alpha value is -1.81. The summed E-state index contributed by atoms with van der Waals surface area (Å²) < 4.78 is 5.56. The minimum absolute atomic E-state index is 0.0604. The zero-order valence-electron chi connectivity index (χ0n) is 13.4. The SMILES string of the molecule is Cc1cc(OCC(=O)NCCc2cccs2)ccc1C(C)C. The third-order valence-electron chi connectivity index (χ3n) is 3.51. The fourth-order valence-corrected chi connectivity index (χ4v) is 3.07. The van der Waals surface area contributed by atoms with Gasteiger partial charge in [-0.05, 0) is 54.0 Å². The Labute approximate surface area is 136 Å². The normalized spacial score (nSPS) is 10.7. The Morgan fingerprint density at radius 2 is 2.14 bits per heavy atom. The van der Waals surface area contributed by atoms with E-state index < -0.39 is 0 Å². The number of benzene rings is 1. The lowest BCUT2D eigenvalue weighted by Gasteiger charge is -2.12. The van der Waals surface area contributed by atoms with Crippen LogP contribution in [0, 0.1) is 6.92 Å². The van der Waals surface area contributed by atoms with Gasteiger partial charge in [-0.1, -0.05) is 26.0 Å². The van der Waals surface area contributed by atoms with E-state index in [-0.39, 0.29) is 12.5 Å². The van der Waals surface area contributed by atoms with E-state index >= 15 is 0 Å². The Balaban J connectivity index is 1.75. The highest BCUT2D eigenvalue weighted by Gasteiger charge is 2.06. The third kappa shape index (κ3) is 4.88. The van der Waals surface area contributed by atoms with E-state index in [1.807, 2.05) is 23.6 Å². The first-order chi connectivity index (χ1) is 10.6. The van der Waals surface area contributed by atoms with Crippen molar-refractivity contribution < 1.29 is 9.53 Å². The number of rotatable bonds is 7. The standard InChI is InChI=1S/C18H23NO2S/c1-13(2)17-7-6-15(11-14(17)3)21-12-18(20)19-9-8-16-5-4-10-22-16/h4-7,10-11,13H,8-9,12H2,1-3H3,(H,19,20). The molecule has 0 saturated carbocycles. The van der Waals surface area contributed by atoms with E-state index in [1.54, 1.807) is 11.3 Å². The van der Waals surface area contributed by atoms with Crippen molar-refractivity contribution in [1.82, 2.24) is 5.32 Å². The number of thiophene rings is 1. The molecule has 1 aromatic carbocycles. The van der Waals surface area contributed by atoms with E-state index in [0.29, 0.717) is 12.5 Å². The Bertz CT molecular complexity index is 606. The fourth-order valence-electron chi connectivity index (χ4n) is 2.37. The zero-order valence-corrected chi connectivity index (χ0v) is 14.2. The van der Waals surface area contributed by atoms with Crippen LogP contribution < -0.4 is 10.1 Å². The number of carbonyl (C=O) groups is 1. The predicted octanol–water partition coefficient (Wildman–Crippen LogP) is 3.92. The van der Waals surface area contributed by atoms with Crippen molar-refractivity contribution >= 4 is 17.2 Å². The minimum Gasteiger partial charge on any atom is -0.484 e. The number of hydrogen-bond donors (Lipinski definition) is 1. The average Bonchev–Trinajstić information content (AvgIpc) is 2.98. The van der Waals surface area contributed by atoms with Crippen molar-refractivity contribution in [3.8, 4) is 5.75 Å². The van der Waals surface area contributed by atoms with Crippen LogP contribution in [-0.4, -0.2) is 19.1 Å². The van der Waals surface area contributed by atoms with Gasteiger partial charge in [-0.25, -0.2) is 0 Å². The molecule has 4 heteroatoms. The van der Waals surface area contributed by atoms with Gasteiger partial charge in [0.1, 0.15) is 5.75 Å². The molecule has 2 aromatic rings. The van der Waals surface area contributed by atoms with Crippen LogP contribution in [0.3, 0.4) is 0 Å². The number of aryl methyl sites for hydroxylation is 1. The van der Waals surface area contributed by atoms with E-state index in [9.17, 15) is 4.79 Å². The lowest BCUT2D eigenvalue weighted by molar-refractivity contribution is -0.123.